The van der Waals surface area contributed by atoms with Gasteiger partial charge in [-0.05, 0) is 105 Å². The molecule has 2 aliphatic rings. The van der Waals surface area contributed by atoms with Crippen LogP contribution in [0.25, 0.3) is 6.08 Å². The third kappa shape index (κ3) is 14.3. The van der Waals surface area contributed by atoms with Gasteiger partial charge in [-0.25, -0.2) is 4.57 Å². The highest BCUT2D eigenvalue weighted by molar-refractivity contribution is 7.47. The lowest BCUT2D eigenvalue weighted by Crippen LogP contribution is -2.50. The van der Waals surface area contributed by atoms with Crippen molar-refractivity contribution in [2.75, 3.05) is 51.9 Å². The molecule has 0 saturated carbocycles. The lowest BCUT2D eigenvalue weighted by atomic mass is 9.90. The van der Waals surface area contributed by atoms with Crippen LogP contribution < -0.4 is 15.5 Å². The van der Waals surface area contributed by atoms with Crippen molar-refractivity contribution in [3.8, 4) is 0 Å². The maximum absolute atomic E-state index is 15.6. The number of benzene rings is 2. The van der Waals surface area contributed by atoms with Crippen molar-refractivity contribution in [1.82, 2.24) is 15.1 Å². The number of rotatable bonds is 25. The minimum Gasteiger partial charge on any atom is -0.463 e. The number of ether oxygens (including phenoxy) is 1. The Morgan fingerprint density at radius 1 is 0.873 bits per heavy atom. The zero-order valence-electron chi connectivity index (χ0n) is 36.2. The Kier molecular flexibility index (Phi) is 17.7. The van der Waals surface area contributed by atoms with Gasteiger partial charge in [0.1, 0.15) is 18.4 Å². The number of allylic oxidation sites excluding steroid dienone is 2. The zero-order valence-corrected chi connectivity index (χ0v) is 37.1. The first-order chi connectivity index (χ1) is 30.0. The van der Waals surface area contributed by atoms with Gasteiger partial charge in [-0.3, -0.25) is 23.4 Å². The molecule has 16 nitrogen and oxygen atoms in total. The highest BCUT2D eigenvalue weighted by atomic mass is 31.2. The molecule has 2 aromatic carbocycles. The van der Waals surface area contributed by atoms with Gasteiger partial charge in [-0.15, -0.1) is 0 Å². The van der Waals surface area contributed by atoms with Gasteiger partial charge < -0.3 is 47.9 Å². The highest BCUT2D eigenvalue weighted by Gasteiger charge is 2.52. The first kappa shape index (κ1) is 48.7. The van der Waals surface area contributed by atoms with Crippen molar-refractivity contribution in [3.63, 3.8) is 0 Å². The number of phosphoric ester groups is 1. The molecule has 0 radical (unpaired) electrons. The summed E-state index contributed by atoms with van der Waals surface area (Å²) in [5.41, 5.74) is 5.52. The predicted molar refractivity (Wildman–Crippen MR) is 237 cm³/mol. The molecular weight excluding hydrogens is 838 g/mol. The van der Waals surface area contributed by atoms with Gasteiger partial charge in [-0.2, -0.15) is 10.2 Å². The topological polar surface area (TPSA) is 196 Å². The Hall–Kier alpha value is -5.33. The van der Waals surface area contributed by atoms with Crippen molar-refractivity contribution in [1.29, 1.82) is 0 Å². The highest BCUT2D eigenvalue weighted by Crippen LogP contribution is 2.43. The van der Waals surface area contributed by atoms with Gasteiger partial charge in [0.05, 0.1) is 24.6 Å². The third-order valence-electron chi connectivity index (χ3n) is 10.4. The molecule has 1 aromatic heterocycles. The first-order valence-corrected chi connectivity index (χ1v) is 22.6. The van der Waals surface area contributed by atoms with Gasteiger partial charge in [0.15, 0.2) is 5.70 Å². The van der Waals surface area contributed by atoms with Crippen LogP contribution in [0.1, 0.15) is 85.1 Å². The van der Waals surface area contributed by atoms with Crippen molar-refractivity contribution >= 4 is 61.4 Å². The number of halogens is 2. The van der Waals surface area contributed by atoms with E-state index in [1.807, 2.05) is 50.2 Å². The fourth-order valence-corrected chi connectivity index (χ4v) is 7.88. The largest absolute Gasteiger partial charge is 0.737 e. The number of fused-ring (bicyclic) bond motifs is 2. The van der Waals surface area contributed by atoms with Gasteiger partial charge in [0.2, 0.25) is 5.91 Å². The average molecular weight is 896 g/mol. The summed E-state index contributed by atoms with van der Waals surface area (Å²) in [5.74, 6) is -1.08. The third-order valence-corrected chi connectivity index (χ3v) is 11.4. The number of nitrogens with zero attached hydrogens (tertiary/aromatic N) is 5. The molecule has 20 heteroatoms. The summed E-state index contributed by atoms with van der Waals surface area (Å²) in [7, 11) is -0.683. The van der Waals surface area contributed by atoms with Crippen LogP contribution >= 0.6 is 7.82 Å². The van der Waals surface area contributed by atoms with Crippen molar-refractivity contribution < 1.29 is 55.9 Å². The molecule has 2 amide bonds. The number of aliphatic hydroxyl groups excluding tert-OH is 1. The summed E-state index contributed by atoms with van der Waals surface area (Å²) in [4.78, 5) is 48.8. The summed E-state index contributed by atoms with van der Waals surface area (Å²) in [6.07, 6.45) is 8.63. The van der Waals surface area contributed by atoms with Crippen LogP contribution in [-0.2, 0) is 27.9 Å². The van der Waals surface area contributed by atoms with Crippen LogP contribution in [0, 0.1) is 13.8 Å². The molecule has 0 fully saturated rings. The smallest absolute Gasteiger partial charge is 0.463 e. The summed E-state index contributed by atoms with van der Waals surface area (Å²) >= 11 is 0. The Morgan fingerprint density at radius 3 is 2.24 bits per heavy atom. The van der Waals surface area contributed by atoms with Crippen LogP contribution in [0.3, 0.4) is 0 Å². The number of carbonyl (C=O) groups is 3. The minimum atomic E-state index is -4.57. The number of hydrogen-bond donors (Lipinski definition) is 4. The number of carbonyl (C=O) groups excluding carboxylic acids is 3. The van der Waals surface area contributed by atoms with E-state index in [4.69, 9.17) is 13.8 Å². The van der Waals surface area contributed by atoms with E-state index in [0.717, 1.165) is 26.6 Å². The maximum atomic E-state index is 15.6. The SMILES string of the molecule is Cc1cc(C)n2c1C=C1C=CC(CCCCC(=O)NCCCCCCC(=O)OCC(O)COP(=O)(O)OCCNC(=O)c3ccc(N=Nc4ccc(N(C)C)cc4)cc3)=[N+]1[B-]2(F)F. The molecular formula is C43H57BF2N7O9P. The van der Waals surface area contributed by atoms with Gasteiger partial charge in [-0.1, -0.05) is 12.8 Å². The van der Waals surface area contributed by atoms with E-state index < -0.39 is 46.0 Å². The Balaban J connectivity index is 0.845. The van der Waals surface area contributed by atoms with Crippen molar-refractivity contribution in [2.24, 2.45) is 10.2 Å². The Labute approximate surface area is 366 Å². The van der Waals surface area contributed by atoms with E-state index in [-0.39, 0.29) is 25.5 Å². The maximum Gasteiger partial charge on any atom is 0.737 e. The predicted octanol–water partition coefficient (Wildman–Crippen LogP) is 7.28. The molecule has 0 saturated heterocycles. The number of amides is 2. The summed E-state index contributed by atoms with van der Waals surface area (Å²) in [5, 5.41) is 23.9. The molecule has 4 N–H and O–H groups in total. The second-order valence-electron chi connectivity index (χ2n) is 15.6. The molecule has 0 spiro atoms. The van der Waals surface area contributed by atoms with Crippen molar-refractivity contribution in [3.05, 3.63) is 95.0 Å². The molecule has 0 bridgehead atoms. The fourth-order valence-electron chi connectivity index (χ4n) is 7.12. The number of azo groups is 1. The van der Waals surface area contributed by atoms with E-state index in [9.17, 15) is 28.9 Å². The number of phosphoric acid groups is 1. The molecule has 3 aromatic rings. The van der Waals surface area contributed by atoms with E-state index in [0.29, 0.717) is 91.2 Å². The molecule has 63 heavy (non-hydrogen) atoms. The average Bonchev–Trinajstić information content (AvgIpc) is 3.81. The van der Waals surface area contributed by atoms with Crippen LogP contribution in [-0.4, -0.2) is 103 Å². The van der Waals surface area contributed by atoms with E-state index >= 15 is 8.63 Å². The monoisotopic (exact) mass is 895 g/mol. The van der Waals surface area contributed by atoms with E-state index in [1.54, 1.807) is 55.5 Å². The standard InChI is InChI=1S/C43H57BF2N7O9P/c1-31-27-32(2)52-40(31)28-38-23-22-37(53(38)44(52,45)46)11-8-9-12-41(55)47-24-10-6-5-7-13-42(56)60-29-39(54)30-62-63(58,59)61-26-25-48-43(57)33-14-16-34(17-15-33)49-50-35-18-20-36(21-19-35)51(3)4/h14-23,27-28,39,54H,5-13,24-26,29-30H2,1-4H3,(H,47,55)(H,48,57)(H,58,59). The summed E-state index contributed by atoms with van der Waals surface area (Å²) in [6, 6.07) is 15.7. The molecule has 0 aliphatic carbocycles. The van der Waals surface area contributed by atoms with E-state index in [1.165, 1.54) is 0 Å². The fraction of sp³-hybridized carbons (Fsp3) is 0.442. The van der Waals surface area contributed by atoms with E-state index in [2.05, 4.69) is 20.9 Å². The lowest BCUT2D eigenvalue weighted by molar-refractivity contribution is -0.362. The number of nitrogens with one attached hydrogen (secondary N) is 2. The summed E-state index contributed by atoms with van der Waals surface area (Å²) < 4.78 is 60.3. The number of unbranched alkanes of at least 4 members (excludes halogenated alkanes) is 4. The van der Waals surface area contributed by atoms with Crippen LogP contribution in [0.4, 0.5) is 25.7 Å². The second-order valence-corrected chi connectivity index (χ2v) is 17.1. The number of anilines is 1. The molecule has 3 heterocycles. The van der Waals surface area contributed by atoms with Gasteiger partial charge in [0, 0.05) is 81.6 Å². The van der Waals surface area contributed by atoms with Crippen LogP contribution in [0.15, 0.2) is 82.7 Å². The van der Waals surface area contributed by atoms with Gasteiger partial charge >= 0.3 is 20.8 Å². The quantitative estimate of drug-likeness (QED) is 0.0221. The van der Waals surface area contributed by atoms with Gasteiger partial charge in [0.25, 0.3) is 5.91 Å². The number of esters is 1. The molecule has 2 atom stereocenters. The lowest BCUT2D eigenvalue weighted by Gasteiger charge is -2.30. The zero-order chi connectivity index (χ0) is 45.6. The molecule has 2 aliphatic heterocycles. The second kappa shape index (κ2) is 22.9. The van der Waals surface area contributed by atoms with Crippen molar-refractivity contribution in [2.45, 2.75) is 77.7 Å². The Bertz CT molecular complexity index is 2250. The number of hydrogen-bond acceptors (Lipinski definition) is 11. The number of aliphatic hydroxyl groups is 1. The first-order valence-electron chi connectivity index (χ1n) is 21.1. The Morgan fingerprint density at radius 2 is 1.54 bits per heavy atom. The normalized spacial score (nSPS) is 15.4. The number of aromatic nitrogens is 1. The van der Waals surface area contributed by atoms with Crippen LogP contribution in [0.2, 0.25) is 0 Å². The molecule has 2 unspecified atom stereocenters. The minimum absolute atomic E-state index is 0.0981. The molecule has 340 valence electrons. The molecule has 5 rings (SSSR count). The summed E-state index contributed by atoms with van der Waals surface area (Å²) in [6.45, 7) is -1.52. The number of aryl methyl sites for hydroxylation is 2. The van der Waals surface area contributed by atoms with Crippen LogP contribution in [0.5, 0.6) is 0 Å².